The monoisotopic (exact) mass is 457 g/mol. The molecule has 1 aliphatic carbocycles. The molecule has 5 nitrogen and oxygen atoms in total. The van der Waals surface area contributed by atoms with Crippen LogP contribution in [0.2, 0.25) is 0 Å². The first kappa shape index (κ1) is 23.6. The summed E-state index contributed by atoms with van der Waals surface area (Å²) in [6.07, 6.45) is 4.54. The smallest absolute Gasteiger partial charge is 0.303 e. The van der Waals surface area contributed by atoms with Crippen molar-refractivity contribution in [1.29, 1.82) is 0 Å². The maximum absolute atomic E-state index is 13.4. The number of amides is 1. The molecule has 3 aromatic rings. The fraction of sp³-hybridized carbons (Fsp3) is 0.310. The SMILES string of the molecule is O=C(O)CCCCCOc1ccccc1CN(C(=O)c1ccc(-c2ccccc2)cc1)C1CC1. The van der Waals surface area contributed by atoms with Crippen molar-refractivity contribution in [2.75, 3.05) is 6.61 Å². The molecule has 1 amide bonds. The number of hydrogen-bond donors (Lipinski definition) is 1. The van der Waals surface area contributed by atoms with Crippen LogP contribution in [0.3, 0.4) is 0 Å². The Hall–Kier alpha value is -3.60. The van der Waals surface area contributed by atoms with Crippen molar-refractivity contribution >= 4 is 11.9 Å². The van der Waals surface area contributed by atoms with E-state index in [-0.39, 0.29) is 18.4 Å². The van der Waals surface area contributed by atoms with Gasteiger partial charge in [-0.2, -0.15) is 0 Å². The maximum Gasteiger partial charge on any atom is 0.303 e. The minimum atomic E-state index is -0.759. The minimum Gasteiger partial charge on any atom is -0.493 e. The van der Waals surface area contributed by atoms with E-state index >= 15 is 0 Å². The summed E-state index contributed by atoms with van der Waals surface area (Å²) in [5.41, 5.74) is 3.92. The first-order valence-corrected chi connectivity index (χ1v) is 12.0. The molecular formula is C29H31NO4. The van der Waals surface area contributed by atoms with Crippen LogP contribution in [0.5, 0.6) is 5.75 Å². The Bertz CT molecular complexity index is 1090. The lowest BCUT2D eigenvalue weighted by Gasteiger charge is -2.24. The molecule has 5 heteroatoms. The van der Waals surface area contributed by atoms with Gasteiger partial charge in [-0.1, -0.05) is 60.7 Å². The van der Waals surface area contributed by atoms with Crippen molar-refractivity contribution in [3.05, 3.63) is 90.0 Å². The number of ether oxygens (including phenoxy) is 1. The van der Waals surface area contributed by atoms with Gasteiger partial charge >= 0.3 is 5.97 Å². The van der Waals surface area contributed by atoms with Crippen LogP contribution in [0.4, 0.5) is 0 Å². The van der Waals surface area contributed by atoms with Gasteiger partial charge in [-0.05, 0) is 61.4 Å². The Morgan fingerprint density at radius 3 is 2.21 bits per heavy atom. The van der Waals surface area contributed by atoms with E-state index in [1.54, 1.807) is 0 Å². The van der Waals surface area contributed by atoms with Crippen LogP contribution in [0, 0.1) is 0 Å². The van der Waals surface area contributed by atoms with Crippen molar-refractivity contribution < 1.29 is 19.4 Å². The average molecular weight is 458 g/mol. The number of carboxylic acids is 1. The van der Waals surface area contributed by atoms with Crippen molar-refractivity contribution in [3.63, 3.8) is 0 Å². The molecule has 0 bridgehead atoms. The van der Waals surface area contributed by atoms with Crippen LogP contribution < -0.4 is 4.74 Å². The van der Waals surface area contributed by atoms with Gasteiger partial charge in [0.05, 0.1) is 6.61 Å². The van der Waals surface area contributed by atoms with Gasteiger partial charge < -0.3 is 14.7 Å². The average Bonchev–Trinajstić information content (AvgIpc) is 3.71. The number of carboxylic acid groups (broad SMARTS) is 1. The van der Waals surface area contributed by atoms with Crippen molar-refractivity contribution in [3.8, 4) is 16.9 Å². The van der Waals surface area contributed by atoms with Crippen LogP contribution >= 0.6 is 0 Å². The highest BCUT2D eigenvalue weighted by molar-refractivity contribution is 5.95. The predicted octanol–water partition coefficient (Wildman–Crippen LogP) is 6.18. The van der Waals surface area contributed by atoms with Crippen LogP contribution in [-0.4, -0.2) is 34.5 Å². The molecule has 34 heavy (non-hydrogen) atoms. The molecule has 0 atom stereocenters. The lowest BCUT2D eigenvalue weighted by Crippen LogP contribution is -2.32. The standard InChI is InChI=1S/C29H31NO4/c31-28(32)13-5-2-8-20-34-27-12-7-6-11-25(27)21-30(26-18-19-26)29(33)24-16-14-23(15-17-24)22-9-3-1-4-10-22/h1,3-4,6-7,9-12,14-17,26H,2,5,8,13,18-21H2,(H,31,32). The molecule has 0 saturated heterocycles. The summed E-state index contributed by atoms with van der Waals surface area (Å²) >= 11 is 0. The Morgan fingerprint density at radius 1 is 0.824 bits per heavy atom. The summed E-state index contributed by atoms with van der Waals surface area (Å²) in [5, 5.41) is 8.75. The Balaban J connectivity index is 1.40. The second-order valence-electron chi connectivity index (χ2n) is 8.77. The number of rotatable bonds is 12. The topological polar surface area (TPSA) is 66.8 Å². The van der Waals surface area contributed by atoms with Crippen LogP contribution in [0.1, 0.15) is 54.4 Å². The molecule has 0 spiro atoms. The zero-order chi connectivity index (χ0) is 23.8. The zero-order valence-electron chi connectivity index (χ0n) is 19.4. The molecule has 4 rings (SSSR count). The highest BCUT2D eigenvalue weighted by Crippen LogP contribution is 2.32. The lowest BCUT2D eigenvalue weighted by atomic mass is 10.0. The molecule has 176 valence electrons. The molecule has 3 aromatic carbocycles. The van der Waals surface area contributed by atoms with Gasteiger partial charge in [0.25, 0.3) is 5.91 Å². The fourth-order valence-electron chi connectivity index (χ4n) is 4.05. The van der Waals surface area contributed by atoms with Gasteiger partial charge in [-0.25, -0.2) is 0 Å². The fourth-order valence-corrected chi connectivity index (χ4v) is 4.05. The molecule has 0 unspecified atom stereocenters. The molecular weight excluding hydrogens is 426 g/mol. The summed E-state index contributed by atoms with van der Waals surface area (Å²) in [4.78, 5) is 26.0. The van der Waals surface area contributed by atoms with E-state index in [4.69, 9.17) is 9.84 Å². The van der Waals surface area contributed by atoms with E-state index in [0.717, 1.165) is 48.1 Å². The van der Waals surface area contributed by atoms with Gasteiger partial charge in [-0.15, -0.1) is 0 Å². The number of hydrogen-bond acceptors (Lipinski definition) is 3. The number of carbonyl (C=O) groups excluding carboxylic acids is 1. The summed E-state index contributed by atoms with van der Waals surface area (Å²) in [7, 11) is 0. The molecule has 1 fully saturated rings. The minimum absolute atomic E-state index is 0.0468. The van der Waals surface area contributed by atoms with Crippen LogP contribution in [0.15, 0.2) is 78.9 Å². The molecule has 0 radical (unpaired) electrons. The maximum atomic E-state index is 13.4. The number of para-hydroxylation sites is 1. The summed E-state index contributed by atoms with van der Waals surface area (Å²) < 4.78 is 6.01. The first-order chi connectivity index (χ1) is 16.6. The lowest BCUT2D eigenvalue weighted by molar-refractivity contribution is -0.137. The largest absolute Gasteiger partial charge is 0.493 e. The van der Waals surface area contributed by atoms with E-state index in [9.17, 15) is 9.59 Å². The summed E-state index contributed by atoms with van der Waals surface area (Å²) in [6, 6.07) is 26.1. The predicted molar refractivity (Wildman–Crippen MR) is 133 cm³/mol. The number of unbranched alkanes of at least 4 members (excludes halogenated alkanes) is 2. The quantitative estimate of drug-likeness (QED) is 0.330. The second-order valence-corrected chi connectivity index (χ2v) is 8.77. The molecule has 0 aliphatic heterocycles. The Morgan fingerprint density at radius 2 is 1.50 bits per heavy atom. The van der Waals surface area contributed by atoms with E-state index < -0.39 is 5.97 Å². The first-order valence-electron chi connectivity index (χ1n) is 12.0. The number of benzene rings is 3. The molecule has 1 saturated carbocycles. The highest BCUT2D eigenvalue weighted by atomic mass is 16.5. The van der Waals surface area contributed by atoms with E-state index in [0.29, 0.717) is 25.1 Å². The number of nitrogens with zero attached hydrogens (tertiary/aromatic N) is 1. The van der Waals surface area contributed by atoms with Gasteiger partial charge in [0.2, 0.25) is 0 Å². The molecule has 1 N–H and O–H groups in total. The third-order valence-electron chi connectivity index (χ3n) is 6.09. The molecule has 1 aliphatic rings. The Labute approximate surface area is 201 Å². The Kier molecular flexibility index (Phi) is 7.97. The van der Waals surface area contributed by atoms with Gasteiger partial charge in [-0.3, -0.25) is 9.59 Å². The van der Waals surface area contributed by atoms with Crippen LogP contribution in [-0.2, 0) is 11.3 Å². The van der Waals surface area contributed by atoms with Crippen LogP contribution in [0.25, 0.3) is 11.1 Å². The molecule has 0 aromatic heterocycles. The number of aliphatic carboxylic acids is 1. The highest BCUT2D eigenvalue weighted by Gasteiger charge is 2.33. The van der Waals surface area contributed by atoms with E-state index in [2.05, 4.69) is 12.1 Å². The van der Waals surface area contributed by atoms with Gasteiger partial charge in [0.15, 0.2) is 0 Å². The second kappa shape index (κ2) is 11.5. The number of carbonyl (C=O) groups is 2. The molecule has 0 heterocycles. The van der Waals surface area contributed by atoms with Gasteiger partial charge in [0, 0.05) is 30.1 Å². The zero-order valence-corrected chi connectivity index (χ0v) is 19.4. The normalized spacial score (nSPS) is 12.8. The van der Waals surface area contributed by atoms with Crippen molar-refractivity contribution in [2.24, 2.45) is 0 Å². The van der Waals surface area contributed by atoms with E-state index in [1.165, 1.54) is 0 Å². The summed E-state index contributed by atoms with van der Waals surface area (Å²) in [6.45, 7) is 1.05. The third kappa shape index (κ3) is 6.47. The van der Waals surface area contributed by atoms with Gasteiger partial charge in [0.1, 0.15) is 5.75 Å². The van der Waals surface area contributed by atoms with Crippen molar-refractivity contribution in [1.82, 2.24) is 4.90 Å². The third-order valence-corrected chi connectivity index (χ3v) is 6.09. The summed E-state index contributed by atoms with van der Waals surface area (Å²) in [5.74, 6) is 0.0787. The van der Waals surface area contributed by atoms with E-state index in [1.807, 2.05) is 71.6 Å². The van der Waals surface area contributed by atoms with Crippen molar-refractivity contribution in [2.45, 2.75) is 51.1 Å².